The number of benzene rings is 3. The van der Waals surface area contributed by atoms with Crippen LogP contribution in [0.15, 0.2) is 94.8 Å². The number of hydrogen-bond acceptors (Lipinski definition) is 4. The fourth-order valence-electron chi connectivity index (χ4n) is 4.45. The molecule has 0 bridgehead atoms. The zero-order valence-corrected chi connectivity index (χ0v) is 19.9. The molecule has 3 aromatic carbocycles. The van der Waals surface area contributed by atoms with Crippen molar-refractivity contribution < 1.29 is 9.53 Å². The van der Waals surface area contributed by atoms with Crippen LogP contribution in [0.5, 0.6) is 5.75 Å². The largest absolute Gasteiger partial charge is 0.488 e. The minimum absolute atomic E-state index is 0.0458. The molecule has 0 atom stereocenters. The molecule has 4 nitrogen and oxygen atoms in total. The van der Waals surface area contributed by atoms with Gasteiger partial charge in [0.05, 0.1) is 10.6 Å². The smallest absolute Gasteiger partial charge is 0.267 e. The van der Waals surface area contributed by atoms with Crippen LogP contribution in [0.3, 0.4) is 0 Å². The highest BCUT2D eigenvalue weighted by atomic mass is 32.2. The summed E-state index contributed by atoms with van der Waals surface area (Å²) >= 11 is 1.47. The third kappa shape index (κ3) is 5.26. The Kier molecular flexibility index (Phi) is 7.10. The Bertz CT molecular complexity index is 1190. The number of rotatable bonds is 6. The van der Waals surface area contributed by atoms with Crippen molar-refractivity contribution in [3.05, 3.63) is 101 Å². The predicted molar refractivity (Wildman–Crippen MR) is 140 cm³/mol. The fraction of sp³-hybridized carbons (Fsp3) is 0.241. The molecular formula is C29H28N2O2S. The van der Waals surface area contributed by atoms with Crippen molar-refractivity contribution in [1.82, 2.24) is 4.90 Å². The second kappa shape index (κ2) is 10.7. The topological polar surface area (TPSA) is 41.9 Å². The first kappa shape index (κ1) is 22.5. The summed E-state index contributed by atoms with van der Waals surface area (Å²) in [6, 6.07) is 28.1. The van der Waals surface area contributed by atoms with E-state index in [4.69, 9.17) is 9.73 Å². The van der Waals surface area contributed by atoms with E-state index in [1.54, 1.807) is 0 Å². The molecule has 1 amide bonds. The average Bonchev–Trinajstić information content (AvgIpc) is 3.19. The molecule has 5 heteroatoms. The van der Waals surface area contributed by atoms with Gasteiger partial charge in [0, 0.05) is 11.6 Å². The lowest BCUT2D eigenvalue weighted by Crippen LogP contribution is -2.40. The molecule has 1 saturated carbocycles. The first-order chi connectivity index (χ1) is 16.8. The minimum atomic E-state index is 0.0458. The zero-order valence-electron chi connectivity index (χ0n) is 19.1. The molecular weight excluding hydrogens is 440 g/mol. The second-order valence-corrected chi connectivity index (χ2v) is 9.63. The van der Waals surface area contributed by atoms with E-state index in [-0.39, 0.29) is 11.9 Å². The number of para-hydroxylation sites is 2. The van der Waals surface area contributed by atoms with Crippen molar-refractivity contribution in [3.63, 3.8) is 0 Å². The Labute approximate surface area is 205 Å². The SMILES string of the molecule is O=C1C(=Cc2ccccc2OCc2ccccc2)SC(=Nc2ccccc2)N1C1CCCCC1. The molecule has 1 aliphatic heterocycles. The Balaban J connectivity index is 1.44. The van der Waals surface area contributed by atoms with Gasteiger partial charge < -0.3 is 4.74 Å². The maximum atomic E-state index is 13.6. The third-order valence-electron chi connectivity index (χ3n) is 6.20. The summed E-state index contributed by atoms with van der Waals surface area (Å²) in [5.41, 5.74) is 2.88. The Morgan fingerprint density at radius 1 is 0.882 bits per heavy atom. The standard InChI is InChI=1S/C29H28N2O2S/c32-28-27(20-23-14-10-11-19-26(23)33-21-22-12-4-1-5-13-22)34-29(30-24-15-6-2-7-16-24)31(28)25-17-8-3-9-18-25/h1-2,4-7,10-16,19-20,25H,3,8-9,17-18,21H2. The van der Waals surface area contributed by atoms with Crippen LogP contribution in [0, 0.1) is 0 Å². The number of carbonyl (C=O) groups excluding carboxylic acids is 1. The summed E-state index contributed by atoms with van der Waals surface area (Å²) in [5.74, 6) is 0.814. The van der Waals surface area contributed by atoms with Crippen molar-refractivity contribution in [2.24, 2.45) is 4.99 Å². The molecule has 3 aromatic rings. The van der Waals surface area contributed by atoms with Gasteiger partial charge in [-0.2, -0.15) is 0 Å². The van der Waals surface area contributed by atoms with Crippen LogP contribution in [0.25, 0.3) is 6.08 Å². The normalized spacial score (nSPS) is 19.2. The average molecular weight is 469 g/mol. The molecule has 2 aliphatic rings. The zero-order chi connectivity index (χ0) is 23.2. The predicted octanol–water partition coefficient (Wildman–Crippen LogP) is 7.20. The van der Waals surface area contributed by atoms with Gasteiger partial charge in [0.2, 0.25) is 0 Å². The number of hydrogen-bond donors (Lipinski definition) is 0. The lowest BCUT2D eigenvalue weighted by molar-refractivity contribution is -0.124. The summed E-state index contributed by atoms with van der Waals surface area (Å²) in [4.78, 5) is 21.1. The first-order valence-electron chi connectivity index (χ1n) is 11.9. The van der Waals surface area contributed by atoms with Crippen molar-refractivity contribution in [2.45, 2.75) is 44.8 Å². The van der Waals surface area contributed by atoms with Gasteiger partial charge in [-0.25, -0.2) is 4.99 Å². The van der Waals surface area contributed by atoms with E-state index in [0.717, 1.165) is 53.4 Å². The van der Waals surface area contributed by atoms with E-state index in [2.05, 4.69) is 0 Å². The quantitative estimate of drug-likeness (QED) is 0.359. The Morgan fingerprint density at radius 3 is 2.32 bits per heavy atom. The van der Waals surface area contributed by atoms with Gasteiger partial charge in [-0.3, -0.25) is 9.69 Å². The molecule has 5 rings (SSSR count). The van der Waals surface area contributed by atoms with Gasteiger partial charge in [0.15, 0.2) is 5.17 Å². The number of aliphatic imine (C=N–C) groups is 1. The van der Waals surface area contributed by atoms with Crippen LogP contribution in [0.4, 0.5) is 5.69 Å². The fourth-order valence-corrected chi connectivity index (χ4v) is 5.50. The first-order valence-corrected chi connectivity index (χ1v) is 12.7. The van der Waals surface area contributed by atoms with E-state index in [9.17, 15) is 4.79 Å². The number of amides is 1. The van der Waals surface area contributed by atoms with Gasteiger partial charge in [0.25, 0.3) is 5.91 Å². The highest BCUT2D eigenvalue weighted by molar-refractivity contribution is 8.18. The molecule has 1 saturated heterocycles. The van der Waals surface area contributed by atoms with Gasteiger partial charge in [-0.1, -0.05) is 86.0 Å². The molecule has 2 fully saturated rings. The van der Waals surface area contributed by atoms with Crippen LogP contribution in [0.2, 0.25) is 0 Å². The van der Waals surface area contributed by atoms with E-state index in [1.807, 2.05) is 95.9 Å². The number of ether oxygens (including phenoxy) is 1. The lowest BCUT2D eigenvalue weighted by atomic mass is 9.94. The summed E-state index contributed by atoms with van der Waals surface area (Å²) in [5, 5.41) is 0.775. The second-order valence-electron chi connectivity index (χ2n) is 8.62. The third-order valence-corrected chi connectivity index (χ3v) is 7.18. The molecule has 1 aliphatic carbocycles. The van der Waals surface area contributed by atoms with Crippen LogP contribution >= 0.6 is 11.8 Å². The summed E-state index contributed by atoms with van der Waals surface area (Å²) in [6.07, 6.45) is 7.58. The summed E-state index contributed by atoms with van der Waals surface area (Å²) < 4.78 is 6.13. The van der Waals surface area contributed by atoms with Gasteiger partial charge >= 0.3 is 0 Å². The maximum absolute atomic E-state index is 13.6. The van der Waals surface area contributed by atoms with Crippen LogP contribution < -0.4 is 4.74 Å². The highest BCUT2D eigenvalue weighted by Gasteiger charge is 2.38. The molecule has 34 heavy (non-hydrogen) atoms. The van der Waals surface area contributed by atoms with E-state index >= 15 is 0 Å². The van der Waals surface area contributed by atoms with Crippen molar-refractivity contribution >= 4 is 34.6 Å². The van der Waals surface area contributed by atoms with Gasteiger partial charge in [-0.15, -0.1) is 0 Å². The number of thioether (sulfide) groups is 1. The monoisotopic (exact) mass is 468 g/mol. The molecule has 0 spiro atoms. The molecule has 1 heterocycles. The van der Waals surface area contributed by atoms with Crippen LogP contribution in [0.1, 0.15) is 43.2 Å². The highest BCUT2D eigenvalue weighted by Crippen LogP contribution is 2.39. The van der Waals surface area contributed by atoms with Crippen molar-refractivity contribution in [2.75, 3.05) is 0 Å². The van der Waals surface area contributed by atoms with Crippen molar-refractivity contribution in [1.29, 1.82) is 0 Å². The lowest BCUT2D eigenvalue weighted by Gasteiger charge is -2.30. The van der Waals surface area contributed by atoms with Crippen LogP contribution in [-0.2, 0) is 11.4 Å². The molecule has 0 radical (unpaired) electrons. The Hall–Kier alpha value is -3.31. The Morgan fingerprint density at radius 2 is 1.56 bits per heavy atom. The van der Waals surface area contributed by atoms with Gasteiger partial charge in [0.1, 0.15) is 12.4 Å². The number of nitrogens with zero attached hydrogens (tertiary/aromatic N) is 2. The van der Waals surface area contributed by atoms with E-state index in [0.29, 0.717) is 11.5 Å². The molecule has 0 N–H and O–H groups in total. The maximum Gasteiger partial charge on any atom is 0.267 e. The number of amidine groups is 1. The van der Waals surface area contributed by atoms with Crippen LogP contribution in [-0.4, -0.2) is 22.0 Å². The number of carbonyl (C=O) groups is 1. The summed E-state index contributed by atoms with van der Waals surface area (Å²) in [7, 11) is 0. The molecule has 172 valence electrons. The summed E-state index contributed by atoms with van der Waals surface area (Å²) in [6.45, 7) is 0.483. The van der Waals surface area contributed by atoms with E-state index < -0.39 is 0 Å². The molecule has 0 aromatic heterocycles. The van der Waals surface area contributed by atoms with E-state index in [1.165, 1.54) is 18.2 Å². The minimum Gasteiger partial charge on any atom is -0.488 e. The van der Waals surface area contributed by atoms with Crippen molar-refractivity contribution in [3.8, 4) is 5.75 Å². The van der Waals surface area contributed by atoms with Gasteiger partial charge in [-0.05, 0) is 54.4 Å². The molecule has 0 unspecified atom stereocenters.